The highest BCUT2D eigenvalue weighted by Crippen LogP contribution is 2.31. The molecule has 0 bridgehead atoms. The Morgan fingerprint density at radius 2 is 2.03 bits per heavy atom. The van der Waals surface area contributed by atoms with Gasteiger partial charge in [-0.3, -0.25) is 9.78 Å². The van der Waals surface area contributed by atoms with E-state index in [4.69, 9.17) is 0 Å². The number of aromatic nitrogens is 2. The van der Waals surface area contributed by atoms with Crippen LogP contribution in [0.25, 0.3) is 10.2 Å². The number of benzene rings is 1. The molecule has 0 spiro atoms. The van der Waals surface area contributed by atoms with Gasteiger partial charge in [-0.2, -0.15) is 0 Å². The zero-order chi connectivity index (χ0) is 21.3. The Kier molecular flexibility index (Phi) is 7.82. The number of hydrogen-bond acceptors (Lipinski definition) is 7. The minimum Gasteiger partial charge on any atom is -0.465 e. The average molecular weight is 440 g/mol. The number of unbranched alkanes of at least 4 members (excludes halogenated alkanes) is 1. The van der Waals surface area contributed by atoms with E-state index in [-0.39, 0.29) is 11.6 Å². The van der Waals surface area contributed by atoms with Crippen LogP contribution in [0, 0.1) is 11.8 Å². The molecule has 1 N–H and O–H groups in total. The summed E-state index contributed by atoms with van der Waals surface area (Å²) in [6, 6.07) is 8.61. The maximum Gasteiger partial charge on any atom is 0.339 e. The number of ether oxygens (including phenoxy) is 1. The molecular formula is C22H21N3O3S2. The molecule has 0 saturated carbocycles. The van der Waals surface area contributed by atoms with Crippen molar-refractivity contribution in [1.29, 1.82) is 0 Å². The van der Waals surface area contributed by atoms with Gasteiger partial charge in [0.05, 0.1) is 22.9 Å². The van der Waals surface area contributed by atoms with E-state index in [1.807, 2.05) is 18.2 Å². The standard InChI is InChI=1S/C22H21N3O3S2/c1-3-4-5-6-7-12-29-22-25-17-11-9-16(13-19(17)30-22)24-20(26)18-10-8-15(14-23-18)21(27)28-2/h8-11,13-14H,3-4,7,12H2,1-2H3,(H,24,26). The summed E-state index contributed by atoms with van der Waals surface area (Å²) >= 11 is 3.29. The lowest BCUT2D eigenvalue weighted by Gasteiger charge is -2.05. The fraction of sp³-hybridized carbons (Fsp3) is 0.273. The topological polar surface area (TPSA) is 81.2 Å². The zero-order valence-corrected chi connectivity index (χ0v) is 18.4. The summed E-state index contributed by atoms with van der Waals surface area (Å²) in [6.07, 6.45) is 4.21. The SMILES string of the molecule is CCCC#CCCSc1nc2ccc(NC(=O)c3ccc(C(=O)OC)cn3)cc2s1. The Labute approximate surface area is 183 Å². The molecule has 0 fully saturated rings. The van der Waals surface area contributed by atoms with Crippen LogP contribution in [0.3, 0.4) is 0 Å². The van der Waals surface area contributed by atoms with Crippen molar-refractivity contribution in [3.63, 3.8) is 0 Å². The van der Waals surface area contributed by atoms with Crippen molar-refractivity contribution in [3.8, 4) is 11.8 Å². The van der Waals surface area contributed by atoms with Gasteiger partial charge in [-0.25, -0.2) is 9.78 Å². The summed E-state index contributed by atoms with van der Waals surface area (Å²) in [5.74, 6) is 6.39. The van der Waals surface area contributed by atoms with E-state index in [1.165, 1.54) is 25.4 Å². The van der Waals surface area contributed by atoms with Crippen molar-refractivity contribution in [2.24, 2.45) is 0 Å². The average Bonchev–Trinajstić information content (AvgIpc) is 3.17. The monoisotopic (exact) mass is 439 g/mol. The molecule has 0 aliphatic carbocycles. The van der Waals surface area contributed by atoms with Crippen LogP contribution in [0.5, 0.6) is 0 Å². The van der Waals surface area contributed by atoms with Crippen LogP contribution < -0.4 is 5.32 Å². The molecule has 0 unspecified atom stereocenters. The molecular weight excluding hydrogens is 418 g/mol. The van der Waals surface area contributed by atoms with Crippen molar-refractivity contribution in [1.82, 2.24) is 9.97 Å². The second-order valence-corrected chi connectivity index (χ2v) is 8.61. The Bertz CT molecular complexity index is 1100. The van der Waals surface area contributed by atoms with Gasteiger partial charge in [-0.05, 0) is 36.8 Å². The third-order valence-electron chi connectivity index (χ3n) is 4.00. The van der Waals surface area contributed by atoms with Crippen LogP contribution in [0.4, 0.5) is 5.69 Å². The van der Waals surface area contributed by atoms with Gasteiger partial charge in [0, 0.05) is 30.5 Å². The molecule has 3 rings (SSSR count). The molecule has 0 aliphatic rings. The van der Waals surface area contributed by atoms with Crippen LogP contribution in [-0.2, 0) is 4.74 Å². The number of rotatable bonds is 7. The Hall–Kier alpha value is -2.89. The normalized spacial score (nSPS) is 10.3. The number of carbonyl (C=O) groups is 2. The number of fused-ring (bicyclic) bond motifs is 1. The molecule has 30 heavy (non-hydrogen) atoms. The molecule has 0 atom stereocenters. The first-order valence-electron chi connectivity index (χ1n) is 9.45. The highest BCUT2D eigenvalue weighted by molar-refractivity contribution is 8.01. The highest BCUT2D eigenvalue weighted by atomic mass is 32.2. The Morgan fingerprint density at radius 3 is 2.77 bits per heavy atom. The van der Waals surface area contributed by atoms with Crippen molar-refractivity contribution in [2.45, 2.75) is 30.5 Å². The van der Waals surface area contributed by atoms with E-state index < -0.39 is 5.97 Å². The summed E-state index contributed by atoms with van der Waals surface area (Å²) in [7, 11) is 1.30. The summed E-state index contributed by atoms with van der Waals surface area (Å²) in [4.78, 5) is 32.6. The Balaban J connectivity index is 1.62. The lowest BCUT2D eigenvalue weighted by Crippen LogP contribution is -2.14. The molecule has 0 radical (unpaired) electrons. The molecule has 0 saturated heterocycles. The number of thioether (sulfide) groups is 1. The molecule has 2 aromatic heterocycles. The molecule has 1 aromatic carbocycles. The minimum absolute atomic E-state index is 0.215. The predicted octanol–water partition coefficient (Wildman–Crippen LogP) is 5.02. The molecule has 0 aliphatic heterocycles. The lowest BCUT2D eigenvalue weighted by atomic mass is 10.2. The molecule has 6 nitrogen and oxygen atoms in total. The maximum atomic E-state index is 12.4. The van der Waals surface area contributed by atoms with Crippen molar-refractivity contribution >= 4 is 50.9 Å². The predicted molar refractivity (Wildman–Crippen MR) is 121 cm³/mol. The highest BCUT2D eigenvalue weighted by Gasteiger charge is 2.12. The molecule has 154 valence electrons. The summed E-state index contributed by atoms with van der Waals surface area (Å²) < 4.78 is 6.62. The summed E-state index contributed by atoms with van der Waals surface area (Å²) in [6.45, 7) is 2.12. The number of methoxy groups -OCH3 is 1. The van der Waals surface area contributed by atoms with Crippen molar-refractivity contribution < 1.29 is 14.3 Å². The van der Waals surface area contributed by atoms with Crippen LogP contribution in [-0.4, -0.2) is 34.7 Å². The second-order valence-electron chi connectivity index (χ2n) is 6.24. The van der Waals surface area contributed by atoms with Crippen molar-refractivity contribution in [3.05, 3.63) is 47.8 Å². The number of amides is 1. The zero-order valence-electron chi connectivity index (χ0n) is 16.7. The largest absolute Gasteiger partial charge is 0.465 e. The molecule has 1 amide bonds. The number of thiazole rings is 1. The van der Waals surface area contributed by atoms with E-state index in [0.29, 0.717) is 11.3 Å². The molecule has 3 aromatic rings. The van der Waals surface area contributed by atoms with Gasteiger partial charge in [0.25, 0.3) is 5.91 Å². The first-order valence-corrected chi connectivity index (χ1v) is 11.3. The van der Waals surface area contributed by atoms with Gasteiger partial charge in [0.1, 0.15) is 5.69 Å². The van der Waals surface area contributed by atoms with Gasteiger partial charge < -0.3 is 10.1 Å². The quantitative estimate of drug-likeness (QED) is 0.241. The van der Waals surface area contributed by atoms with Crippen LogP contribution in [0.2, 0.25) is 0 Å². The van der Waals surface area contributed by atoms with Crippen LogP contribution in [0.15, 0.2) is 40.9 Å². The van der Waals surface area contributed by atoms with Crippen LogP contribution >= 0.6 is 23.1 Å². The summed E-state index contributed by atoms with van der Waals surface area (Å²) in [5.41, 5.74) is 2.07. The van der Waals surface area contributed by atoms with Gasteiger partial charge in [-0.15, -0.1) is 23.2 Å². The van der Waals surface area contributed by atoms with Gasteiger partial charge in [0.15, 0.2) is 4.34 Å². The van der Waals surface area contributed by atoms with E-state index >= 15 is 0 Å². The van der Waals surface area contributed by atoms with E-state index in [0.717, 1.165) is 39.6 Å². The number of nitrogens with zero attached hydrogens (tertiary/aromatic N) is 2. The molecule has 2 heterocycles. The number of pyridine rings is 1. The van der Waals surface area contributed by atoms with Gasteiger partial charge in [-0.1, -0.05) is 18.7 Å². The van der Waals surface area contributed by atoms with Crippen LogP contribution in [0.1, 0.15) is 47.0 Å². The fourth-order valence-electron chi connectivity index (χ4n) is 2.50. The van der Waals surface area contributed by atoms with E-state index in [9.17, 15) is 9.59 Å². The Morgan fingerprint density at radius 1 is 1.20 bits per heavy atom. The first-order chi connectivity index (χ1) is 14.6. The van der Waals surface area contributed by atoms with Gasteiger partial charge >= 0.3 is 5.97 Å². The van der Waals surface area contributed by atoms with E-state index in [2.05, 4.69) is 38.8 Å². The van der Waals surface area contributed by atoms with E-state index in [1.54, 1.807) is 23.1 Å². The third-order valence-corrected chi connectivity index (χ3v) is 6.16. The number of hydrogen-bond donors (Lipinski definition) is 1. The second kappa shape index (κ2) is 10.8. The minimum atomic E-state index is -0.494. The number of esters is 1. The number of carbonyl (C=O) groups excluding carboxylic acids is 2. The van der Waals surface area contributed by atoms with Gasteiger partial charge in [0.2, 0.25) is 0 Å². The smallest absolute Gasteiger partial charge is 0.339 e. The number of nitrogens with one attached hydrogen (secondary N) is 1. The lowest BCUT2D eigenvalue weighted by molar-refractivity contribution is 0.0600. The fourth-order valence-corrected chi connectivity index (χ4v) is 4.53. The van der Waals surface area contributed by atoms with Crippen molar-refractivity contribution in [2.75, 3.05) is 18.2 Å². The maximum absolute atomic E-state index is 12.4. The third kappa shape index (κ3) is 5.81. The number of anilines is 1. The molecule has 8 heteroatoms. The summed E-state index contributed by atoms with van der Waals surface area (Å²) in [5, 5.41) is 2.83. The first kappa shape index (κ1) is 21.8.